The van der Waals surface area contributed by atoms with E-state index < -0.39 is 5.24 Å². The third kappa shape index (κ3) is 2.71. The third-order valence-corrected chi connectivity index (χ3v) is 3.54. The van der Waals surface area contributed by atoms with Crippen LogP contribution in [0, 0.1) is 0 Å². The Balaban J connectivity index is 2.14. The van der Waals surface area contributed by atoms with E-state index in [-0.39, 0.29) is 5.43 Å². The van der Waals surface area contributed by atoms with E-state index in [2.05, 4.69) is 0 Å². The minimum atomic E-state index is -0.531. The maximum atomic E-state index is 12.1. The molecule has 0 saturated carbocycles. The highest BCUT2D eigenvalue weighted by Gasteiger charge is 2.08. The second kappa shape index (κ2) is 5.35. The molecule has 21 heavy (non-hydrogen) atoms. The Labute approximate surface area is 129 Å². The van der Waals surface area contributed by atoms with Crippen molar-refractivity contribution in [2.24, 2.45) is 0 Å². The summed E-state index contributed by atoms with van der Waals surface area (Å²) in [5, 5.41) is 0.377. The molecule has 3 aromatic rings. The largest absolute Gasteiger partial charge is 0.456 e. The highest BCUT2D eigenvalue weighted by Crippen LogP contribution is 2.24. The molecule has 0 N–H and O–H groups in total. The maximum absolute atomic E-state index is 12.1. The van der Waals surface area contributed by atoms with Gasteiger partial charge in [0, 0.05) is 22.2 Å². The zero-order valence-electron chi connectivity index (χ0n) is 10.6. The van der Waals surface area contributed by atoms with E-state index in [9.17, 15) is 9.59 Å². The lowest BCUT2D eigenvalue weighted by atomic mass is 10.1. The second-order valence-corrected chi connectivity index (χ2v) is 5.25. The number of carbonyl (C=O) groups is 1. The van der Waals surface area contributed by atoms with Crippen LogP contribution in [0.2, 0.25) is 5.02 Å². The van der Waals surface area contributed by atoms with Gasteiger partial charge >= 0.3 is 0 Å². The van der Waals surface area contributed by atoms with Gasteiger partial charge in [-0.05, 0) is 41.9 Å². The average Bonchev–Trinajstić information content (AvgIpc) is 2.48. The molecule has 0 unspecified atom stereocenters. The molecule has 1 aromatic heterocycles. The molecule has 0 aliphatic carbocycles. The van der Waals surface area contributed by atoms with Gasteiger partial charge in [-0.25, -0.2) is 0 Å². The summed E-state index contributed by atoms with van der Waals surface area (Å²) >= 11 is 11.3. The zero-order chi connectivity index (χ0) is 15.0. The number of fused-ring (bicyclic) bond motifs is 1. The average molecular weight is 319 g/mol. The van der Waals surface area contributed by atoms with Gasteiger partial charge in [-0.3, -0.25) is 9.59 Å². The molecule has 0 fully saturated rings. The van der Waals surface area contributed by atoms with Crippen LogP contribution in [0.4, 0.5) is 0 Å². The molecule has 5 heteroatoms. The van der Waals surface area contributed by atoms with Crippen LogP contribution in [-0.2, 0) is 0 Å². The summed E-state index contributed by atoms with van der Waals surface area (Å²) in [4.78, 5) is 23.1. The summed E-state index contributed by atoms with van der Waals surface area (Å²) < 4.78 is 5.71. The highest BCUT2D eigenvalue weighted by atomic mass is 35.5. The van der Waals surface area contributed by atoms with Crippen LogP contribution in [-0.4, -0.2) is 5.24 Å². The molecular formula is C16H8Cl2O3. The lowest BCUT2D eigenvalue weighted by molar-refractivity contribution is 0.108. The van der Waals surface area contributed by atoms with E-state index in [1.807, 2.05) is 0 Å². The van der Waals surface area contributed by atoms with Gasteiger partial charge in [-0.15, -0.1) is 0 Å². The van der Waals surface area contributed by atoms with Crippen molar-refractivity contribution >= 4 is 39.4 Å². The zero-order valence-corrected chi connectivity index (χ0v) is 12.1. The van der Waals surface area contributed by atoms with Crippen molar-refractivity contribution in [2.75, 3.05) is 0 Å². The number of carbonyl (C=O) groups excluding carboxylic acids is 1. The molecule has 0 aliphatic rings. The summed E-state index contributed by atoms with van der Waals surface area (Å²) in [5.74, 6) is 0.420. The van der Waals surface area contributed by atoms with Gasteiger partial charge in [-0.1, -0.05) is 23.7 Å². The highest BCUT2D eigenvalue weighted by molar-refractivity contribution is 6.67. The fraction of sp³-hybridized carbons (Fsp3) is 0. The Hall–Kier alpha value is -2.10. The molecule has 104 valence electrons. The molecule has 0 aliphatic heterocycles. The molecule has 2 aromatic carbocycles. The predicted octanol–water partition coefficient (Wildman–Crippen LogP) is 4.49. The maximum Gasteiger partial charge on any atom is 0.252 e. The molecule has 3 nitrogen and oxygen atoms in total. The predicted molar refractivity (Wildman–Crippen MR) is 83.1 cm³/mol. The number of hydrogen-bond acceptors (Lipinski definition) is 3. The minimum Gasteiger partial charge on any atom is -0.456 e. The number of halogens is 2. The lowest BCUT2D eigenvalue weighted by Crippen LogP contribution is -2.00. The van der Waals surface area contributed by atoms with Crippen LogP contribution in [0.3, 0.4) is 0 Å². The fourth-order valence-corrected chi connectivity index (χ4v) is 2.33. The van der Waals surface area contributed by atoms with Crippen molar-refractivity contribution in [1.82, 2.24) is 0 Å². The number of benzene rings is 2. The first-order valence-electron chi connectivity index (χ1n) is 6.08. The Bertz CT molecular complexity index is 896. The number of rotatable bonds is 2. The Morgan fingerprint density at radius 3 is 2.38 bits per heavy atom. The van der Waals surface area contributed by atoms with Gasteiger partial charge in [0.05, 0.1) is 5.39 Å². The van der Waals surface area contributed by atoms with Gasteiger partial charge in [0.2, 0.25) is 0 Å². The summed E-state index contributed by atoms with van der Waals surface area (Å²) in [6.07, 6.45) is 0. The van der Waals surface area contributed by atoms with Gasteiger partial charge in [0.15, 0.2) is 5.43 Å². The van der Waals surface area contributed by atoms with Crippen LogP contribution in [0.25, 0.3) is 22.3 Å². The smallest absolute Gasteiger partial charge is 0.252 e. The normalized spacial score (nSPS) is 10.8. The monoisotopic (exact) mass is 318 g/mol. The van der Waals surface area contributed by atoms with Gasteiger partial charge in [0.25, 0.3) is 5.24 Å². The van der Waals surface area contributed by atoms with Gasteiger partial charge in [0.1, 0.15) is 11.3 Å². The third-order valence-electron chi connectivity index (χ3n) is 3.09. The SMILES string of the molecule is O=C(Cl)c1ccc(-c2cc(=O)c3cc(Cl)ccc3o2)cc1. The van der Waals surface area contributed by atoms with Crippen molar-refractivity contribution in [3.05, 3.63) is 69.3 Å². The molecule has 1 heterocycles. The first-order valence-corrected chi connectivity index (χ1v) is 6.84. The summed E-state index contributed by atoms with van der Waals surface area (Å²) in [6, 6.07) is 12.8. The van der Waals surface area contributed by atoms with Crippen molar-refractivity contribution in [1.29, 1.82) is 0 Å². The second-order valence-electron chi connectivity index (χ2n) is 4.47. The van der Waals surface area contributed by atoms with Crippen LogP contribution < -0.4 is 5.43 Å². The van der Waals surface area contributed by atoms with Gasteiger partial charge in [-0.2, -0.15) is 0 Å². The minimum absolute atomic E-state index is 0.175. The molecule has 0 radical (unpaired) electrons. The van der Waals surface area contributed by atoms with E-state index >= 15 is 0 Å². The van der Waals surface area contributed by atoms with E-state index in [1.54, 1.807) is 42.5 Å². The Morgan fingerprint density at radius 1 is 1.00 bits per heavy atom. The Morgan fingerprint density at radius 2 is 1.71 bits per heavy atom. The topological polar surface area (TPSA) is 47.3 Å². The quantitative estimate of drug-likeness (QED) is 0.654. The summed E-state index contributed by atoms with van der Waals surface area (Å²) in [5.41, 5.74) is 1.35. The fourth-order valence-electron chi connectivity index (χ4n) is 2.04. The molecule has 0 saturated heterocycles. The van der Waals surface area contributed by atoms with Crippen molar-refractivity contribution in [3.63, 3.8) is 0 Å². The first-order chi connectivity index (χ1) is 10.0. The molecule has 3 rings (SSSR count). The Kier molecular flexibility index (Phi) is 3.53. The molecule has 0 amide bonds. The van der Waals surface area contributed by atoms with E-state index in [0.29, 0.717) is 32.9 Å². The van der Waals surface area contributed by atoms with E-state index in [1.165, 1.54) is 6.07 Å². The van der Waals surface area contributed by atoms with Gasteiger partial charge < -0.3 is 4.42 Å². The number of hydrogen-bond donors (Lipinski definition) is 0. The summed E-state index contributed by atoms with van der Waals surface area (Å²) in [7, 11) is 0. The molecular weight excluding hydrogens is 311 g/mol. The van der Waals surface area contributed by atoms with E-state index in [4.69, 9.17) is 27.6 Å². The summed E-state index contributed by atoms with van der Waals surface area (Å²) in [6.45, 7) is 0. The van der Waals surface area contributed by atoms with Crippen LogP contribution >= 0.6 is 23.2 Å². The molecule has 0 spiro atoms. The van der Waals surface area contributed by atoms with Crippen LogP contribution in [0.5, 0.6) is 0 Å². The van der Waals surface area contributed by atoms with Crippen LogP contribution in [0.15, 0.2) is 57.7 Å². The first kappa shape index (κ1) is 13.9. The lowest BCUT2D eigenvalue weighted by Gasteiger charge is -2.04. The standard InChI is InChI=1S/C16H8Cl2O3/c17-11-5-6-14-12(7-11)13(19)8-15(21-14)9-1-3-10(4-2-9)16(18)20/h1-8H. The van der Waals surface area contributed by atoms with E-state index in [0.717, 1.165) is 0 Å². The molecule has 0 bridgehead atoms. The van der Waals surface area contributed by atoms with Crippen molar-refractivity contribution in [2.45, 2.75) is 0 Å². The van der Waals surface area contributed by atoms with Crippen molar-refractivity contribution < 1.29 is 9.21 Å². The van der Waals surface area contributed by atoms with Crippen molar-refractivity contribution in [3.8, 4) is 11.3 Å². The van der Waals surface area contributed by atoms with Crippen LogP contribution in [0.1, 0.15) is 10.4 Å². The molecule has 0 atom stereocenters.